The van der Waals surface area contributed by atoms with Crippen LogP contribution < -0.4 is 0 Å². The highest BCUT2D eigenvalue weighted by molar-refractivity contribution is 7.71. The van der Waals surface area contributed by atoms with Crippen LogP contribution in [0.4, 0.5) is 0 Å². The molecule has 21 heavy (non-hydrogen) atoms. The van der Waals surface area contributed by atoms with Gasteiger partial charge in [-0.2, -0.15) is 0 Å². The van der Waals surface area contributed by atoms with Crippen molar-refractivity contribution in [2.45, 2.75) is 13.8 Å². The standard InChI is InChI=1S/C15H12N2O3S/c1-8-3-4-12-11(5-8)16-15(21)17(12)7-10-13(18)6-9(2)20-14(10)19/h3-7H,1-2H3,(H,16,21). The van der Waals surface area contributed by atoms with Gasteiger partial charge in [0.05, 0.1) is 11.0 Å². The SMILES string of the molecule is CC1=CC(=O)C(=Cn2c(=S)[nH]c3cc(C)ccc32)C(=O)O1. The fourth-order valence-corrected chi connectivity index (χ4v) is 2.47. The Balaban J connectivity index is 2.20. The van der Waals surface area contributed by atoms with Crippen LogP contribution in [0.3, 0.4) is 0 Å². The van der Waals surface area contributed by atoms with Gasteiger partial charge in [-0.05, 0) is 43.8 Å². The molecule has 6 heteroatoms. The second-order valence-electron chi connectivity index (χ2n) is 4.87. The quantitative estimate of drug-likeness (QED) is 0.381. The summed E-state index contributed by atoms with van der Waals surface area (Å²) < 4.78 is 6.98. The first-order valence-electron chi connectivity index (χ1n) is 6.33. The first-order chi connectivity index (χ1) is 9.95. The number of esters is 1. The van der Waals surface area contributed by atoms with E-state index in [1.54, 1.807) is 11.5 Å². The number of hydrogen-bond acceptors (Lipinski definition) is 4. The van der Waals surface area contributed by atoms with E-state index in [-0.39, 0.29) is 11.4 Å². The van der Waals surface area contributed by atoms with E-state index in [2.05, 4.69) is 4.98 Å². The van der Waals surface area contributed by atoms with E-state index in [0.717, 1.165) is 16.6 Å². The van der Waals surface area contributed by atoms with Gasteiger partial charge in [0.1, 0.15) is 11.3 Å². The van der Waals surface area contributed by atoms with Crippen molar-refractivity contribution < 1.29 is 14.3 Å². The second kappa shape index (κ2) is 4.82. The Labute approximate surface area is 125 Å². The zero-order valence-corrected chi connectivity index (χ0v) is 12.3. The summed E-state index contributed by atoms with van der Waals surface area (Å²) >= 11 is 5.25. The van der Waals surface area contributed by atoms with Crippen LogP contribution in [0.15, 0.2) is 35.6 Å². The van der Waals surface area contributed by atoms with Gasteiger partial charge in [-0.15, -0.1) is 0 Å². The predicted octanol–water partition coefficient (Wildman–Crippen LogP) is 2.88. The summed E-state index contributed by atoms with van der Waals surface area (Å²) in [6.45, 7) is 3.54. The molecule has 3 rings (SSSR count). The number of imidazole rings is 1. The Morgan fingerprint density at radius 2 is 2.05 bits per heavy atom. The highest BCUT2D eigenvalue weighted by Gasteiger charge is 2.24. The van der Waals surface area contributed by atoms with Crippen molar-refractivity contribution in [2.24, 2.45) is 0 Å². The summed E-state index contributed by atoms with van der Waals surface area (Å²) in [7, 11) is 0. The Morgan fingerprint density at radius 3 is 2.76 bits per heavy atom. The Hall–Kier alpha value is -2.47. The summed E-state index contributed by atoms with van der Waals surface area (Å²) in [6, 6.07) is 5.77. The van der Waals surface area contributed by atoms with Crippen LogP contribution in [0.25, 0.3) is 17.2 Å². The number of allylic oxidation sites excluding steroid dienone is 2. The van der Waals surface area contributed by atoms with Crippen molar-refractivity contribution >= 4 is 41.2 Å². The minimum atomic E-state index is -0.664. The lowest BCUT2D eigenvalue weighted by molar-refractivity contribution is -0.137. The van der Waals surface area contributed by atoms with Gasteiger partial charge in [-0.25, -0.2) is 4.79 Å². The number of carbonyl (C=O) groups excluding carboxylic acids is 2. The maximum Gasteiger partial charge on any atom is 0.348 e. The largest absolute Gasteiger partial charge is 0.427 e. The first-order valence-corrected chi connectivity index (χ1v) is 6.74. The molecule has 0 radical (unpaired) electrons. The number of H-pyrrole nitrogens is 1. The number of nitrogens with one attached hydrogen (secondary N) is 1. The zero-order chi connectivity index (χ0) is 15.1. The van der Waals surface area contributed by atoms with E-state index in [9.17, 15) is 9.59 Å². The molecule has 0 saturated carbocycles. The van der Waals surface area contributed by atoms with Crippen molar-refractivity contribution in [1.29, 1.82) is 0 Å². The fourth-order valence-electron chi connectivity index (χ4n) is 2.21. The monoisotopic (exact) mass is 300 g/mol. The number of aryl methyl sites for hydroxylation is 1. The molecule has 0 saturated heterocycles. The van der Waals surface area contributed by atoms with Crippen LogP contribution in [-0.2, 0) is 14.3 Å². The van der Waals surface area contributed by atoms with E-state index in [0.29, 0.717) is 10.5 Å². The third-order valence-electron chi connectivity index (χ3n) is 3.20. The molecule has 0 unspecified atom stereocenters. The normalized spacial score (nSPS) is 17.2. The van der Waals surface area contributed by atoms with Gasteiger partial charge in [-0.1, -0.05) is 6.07 Å². The van der Waals surface area contributed by atoms with E-state index >= 15 is 0 Å². The van der Waals surface area contributed by atoms with Crippen molar-refractivity contribution in [3.63, 3.8) is 0 Å². The van der Waals surface area contributed by atoms with Gasteiger partial charge < -0.3 is 9.72 Å². The maximum atomic E-state index is 11.9. The molecule has 1 aliphatic rings. The third kappa shape index (κ3) is 2.34. The van der Waals surface area contributed by atoms with Gasteiger partial charge in [0.2, 0.25) is 0 Å². The molecular formula is C15H12N2O3S. The summed E-state index contributed by atoms with van der Waals surface area (Å²) in [5.74, 6) is -0.754. The van der Waals surface area contributed by atoms with Crippen LogP contribution in [-0.4, -0.2) is 21.3 Å². The molecule has 2 aromatic rings. The molecule has 0 atom stereocenters. The molecule has 0 fully saturated rings. The third-order valence-corrected chi connectivity index (χ3v) is 3.50. The number of ether oxygens (including phenoxy) is 1. The minimum Gasteiger partial charge on any atom is -0.427 e. The van der Waals surface area contributed by atoms with Gasteiger partial charge in [0.15, 0.2) is 10.6 Å². The molecular weight excluding hydrogens is 288 g/mol. The first kappa shape index (κ1) is 13.5. The Bertz CT molecular complexity index is 899. The van der Waals surface area contributed by atoms with E-state index in [1.807, 2.05) is 25.1 Å². The predicted molar refractivity (Wildman–Crippen MR) is 81.0 cm³/mol. The summed E-state index contributed by atoms with van der Waals surface area (Å²) in [5, 5.41) is 0. The molecule has 0 aliphatic carbocycles. The number of cyclic esters (lactones) is 1. The van der Waals surface area contributed by atoms with Crippen molar-refractivity contribution in [1.82, 2.24) is 9.55 Å². The number of fused-ring (bicyclic) bond motifs is 1. The fraction of sp³-hybridized carbons (Fsp3) is 0.133. The lowest BCUT2D eigenvalue weighted by atomic mass is 10.1. The molecule has 1 aromatic heterocycles. The molecule has 1 N–H and O–H groups in total. The van der Waals surface area contributed by atoms with Crippen LogP contribution in [0.2, 0.25) is 0 Å². The van der Waals surface area contributed by atoms with Crippen molar-refractivity contribution in [2.75, 3.05) is 0 Å². The number of ketones is 1. The molecule has 2 heterocycles. The van der Waals surface area contributed by atoms with Crippen molar-refractivity contribution in [3.05, 3.63) is 45.9 Å². The van der Waals surface area contributed by atoms with Gasteiger partial charge in [-0.3, -0.25) is 9.36 Å². The molecule has 0 spiro atoms. The molecule has 1 aromatic carbocycles. The number of aromatic amines is 1. The number of hydrogen-bond donors (Lipinski definition) is 1. The molecule has 0 amide bonds. The maximum absolute atomic E-state index is 11.9. The van der Waals surface area contributed by atoms with Gasteiger partial charge >= 0.3 is 5.97 Å². The number of benzene rings is 1. The van der Waals surface area contributed by atoms with Crippen molar-refractivity contribution in [3.8, 4) is 0 Å². The van der Waals surface area contributed by atoms with E-state index in [1.165, 1.54) is 12.3 Å². The molecule has 0 bridgehead atoms. The second-order valence-corrected chi connectivity index (χ2v) is 5.26. The molecule has 5 nitrogen and oxygen atoms in total. The summed E-state index contributed by atoms with van der Waals surface area (Å²) in [6.07, 6.45) is 2.71. The number of rotatable bonds is 1. The lowest BCUT2D eigenvalue weighted by Gasteiger charge is -2.11. The number of aromatic nitrogens is 2. The zero-order valence-electron chi connectivity index (χ0n) is 11.5. The van der Waals surface area contributed by atoms with Crippen LogP contribution >= 0.6 is 12.2 Å². The van der Waals surface area contributed by atoms with E-state index < -0.39 is 5.97 Å². The van der Waals surface area contributed by atoms with E-state index in [4.69, 9.17) is 17.0 Å². The Kier molecular flexibility index (Phi) is 3.10. The molecule has 1 aliphatic heterocycles. The minimum absolute atomic E-state index is 0.0434. The summed E-state index contributed by atoms with van der Waals surface area (Å²) in [4.78, 5) is 26.8. The van der Waals surface area contributed by atoms with Crippen LogP contribution in [0.5, 0.6) is 0 Å². The lowest BCUT2D eigenvalue weighted by Crippen LogP contribution is -2.19. The Morgan fingerprint density at radius 1 is 1.29 bits per heavy atom. The smallest absolute Gasteiger partial charge is 0.348 e. The van der Waals surface area contributed by atoms with Crippen LogP contribution in [0.1, 0.15) is 12.5 Å². The van der Waals surface area contributed by atoms with Gasteiger partial charge in [0, 0.05) is 12.3 Å². The topological polar surface area (TPSA) is 64.1 Å². The molecule has 106 valence electrons. The summed E-state index contributed by atoms with van der Waals surface area (Å²) in [5.41, 5.74) is 2.69. The number of carbonyl (C=O) groups is 2. The number of nitrogens with zero attached hydrogens (tertiary/aromatic N) is 1. The average Bonchev–Trinajstić information content (AvgIpc) is 2.68. The van der Waals surface area contributed by atoms with Gasteiger partial charge in [0.25, 0.3) is 0 Å². The average molecular weight is 300 g/mol. The highest BCUT2D eigenvalue weighted by atomic mass is 32.1. The highest BCUT2D eigenvalue weighted by Crippen LogP contribution is 2.20. The van der Waals surface area contributed by atoms with Crippen LogP contribution in [0, 0.1) is 11.7 Å².